The van der Waals surface area contributed by atoms with E-state index in [1.165, 1.54) is 0 Å². The highest BCUT2D eigenvalue weighted by Crippen LogP contribution is 2.28. The van der Waals surface area contributed by atoms with Crippen molar-refractivity contribution in [2.75, 3.05) is 4.90 Å². The number of benzene rings is 2. The van der Waals surface area contributed by atoms with Crippen LogP contribution in [0.2, 0.25) is 5.02 Å². The number of nitrogens with one attached hydrogen (secondary N) is 2. The molecule has 1 aliphatic heterocycles. The van der Waals surface area contributed by atoms with Crippen LogP contribution < -0.4 is 4.90 Å². The van der Waals surface area contributed by atoms with Gasteiger partial charge >= 0.3 is 0 Å². The van der Waals surface area contributed by atoms with E-state index < -0.39 is 0 Å². The van der Waals surface area contributed by atoms with Gasteiger partial charge in [-0.15, -0.1) is 0 Å². The van der Waals surface area contributed by atoms with Gasteiger partial charge in [0.05, 0.1) is 0 Å². The van der Waals surface area contributed by atoms with Crippen LogP contribution >= 0.6 is 11.6 Å². The molecule has 2 N–H and O–H groups in total. The summed E-state index contributed by atoms with van der Waals surface area (Å²) in [6, 6.07) is 14.7. The number of nitrogens with zero attached hydrogens (tertiary/aromatic N) is 1. The molecule has 0 amide bonds. The van der Waals surface area contributed by atoms with E-state index in [0.29, 0.717) is 16.7 Å². The van der Waals surface area contributed by atoms with E-state index in [9.17, 15) is 0 Å². The minimum absolute atomic E-state index is 0.331. The van der Waals surface area contributed by atoms with Gasteiger partial charge in [0.1, 0.15) is 11.7 Å². The van der Waals surface area contributed by atoms with Gasteiger partial charge in [-0.2, -0.15) is 0 Å². The Morgan fingerprint density at radius 1 is 0.778 bits per heavy atom. The molecule has 0 spiro atoms. The molecule has 0 bridgehead atoms. The van der Waals surface area contributed by atoms with E-state index in [0.717, 1.165) is 16.8 Å². The first-order valence-corrected chi connectivity index (χ1v) is 5.89. The molecule has 2 aromatic carbocycles. The molecule has 0 aromatic heterocycles. The van der Waals surface area contributed by atoms with Crippen LogP contribution in [0, 0.1) is 10.8 Å². The first-order valence-electron chi connectivity index (χ1n) is 5.51. The van der Waals surface area contributed by atoms with Crippen molar-refractivity contribution in [2.24, 2.45) is 0 Å². The Bertz CT molecular complexity index is 611. The lowest BCUT2D eigenvalue weighted by molar-refractivity contribution is 1.34. The fourth-order valence-electron chi connectivity index (χ4n) is 2.10. The average Bonchev–Trinajstić information content (AvgIpc) is 2.64. The maximum atomic E-state index is 8.16. The Morgan fingerprint density at radius 2 is 1.28 bits per heavy atom. The third-order valence-electron chi connectivity index (χ3n) is 2.97. The van der Waals surface area contributed by atoms with Crippen LogP contribution in [0.4, 0.5) is 5.69 Å². The van der Waals surface area contributed by atoms with Gasteiger partial charge < -0.3 is 0 Å². The van der Waals surface area contributed by atoms with Crippen molar-refractivity contribution < 1.29 is 0 Å². The van der Waals surface area contributed by atoms with Gasteiger partial charge in [-0.1, -0.05) is 35.9 Å². The van der Waals surface area contributed by atoms with Gasteiger partial charge in [0.25, 0.3) is 0 Å². The molecule has 0 radical (unpaired) electrons. The Morgan fingerprint density at radius 3 is 1.78 bits per heavy atom. The van der Waals surface area contributed by atoms with E-state index in [-0.39, 0.29) is 0 Å². The monoisotopic (exact) mass is 255 g/mol. The molecule has 0 saturated heterocycles. The van der Waals surface area contributed by atoms with Gasteiger partial charge in [0, 0.05) is 21.8 Å². The van der Waals surface area contributed by atoms with E-state index in [1.807, 2.05) is 36.4 Å². The Balaban J connectivity index is 2.09. The maximum Gasteiger partial charge on any atom is 0.139 e. The lowest BCUT2D eigenvalue weighted by Gasteiger charge is -2.18. The highest BCUT2D eigenvalue weighted by Gasteiger charge is 2.30. The second-order valence-electron chi connectivity index (χ2n) is 4.05. The molecule has 0 saturated carbocycles. The molecule has 2 aromatic rings. The van der Waals surface area contributed by atoms with E-state index in [1.54, 1.807) is 17.0 Å². The molecule has 1 heterocycles. The zero-order valence-corrected chi connectivity index (χ0v) is 10.2. The maximum absolute atomic E-state index is 8.16. The summed E-state index contributed by atoms with van der Waals surface area (Å²) in [6.45, 7) is 0. The first kappa shape index (κ1) is 11.0. The number of hydrogen-bond donors (Lipinski definition) is 2. The van der Waals surface area contributed by atoms with Gasteiger partial charge in [-0.3, -0.25) is 15.7 Å². The van der Waals surface area contributed by atoms with Crippen LogP contribution in [-0.2, 0) is 0 Å². The summed E-state index contributed by atoms with van der Waals surface area (Å²) in [7, 11) is 0. The van der Waals surface area contributed by atoms with Crippen LogP contribution in [-0.4, -0.2) is 11.7 Å². The zero-order valence-electron chi connectivity index (χ0n) is 9.44. The van der Waals surface area contributed by atoms with Crippen LogP contribution in [0.3, 0.4) is 0 Å². The minimum atomic E-state index is 0.331. The van der Waals surface area contributed by atoms with Crippen molar-refractivity contribution in [3.8, 4) is 0 Å². The van der Waals surface area contributed by atoms with Crippen molar-refractivity contribution in [3.05, 3.63) is 64.7 Å². The second kappa shape index (κ2) is 3.96. The molecule has 88 valence electrons. The zero-order chi connectivity index (χ0) is 12.7. The van der Waals surface area contributed by atoms with Crippen LogP contribution in [0.1, 0.15) is 11.1 Å². The van der Waals surface area contributed by atoms with E-state index in [4.69, 9.17) is 22.4 Å². The standard InChI is InChI=1S/C14H10ClN3/c15-9-5-7-10(8-6-9)18-13(16)11-3-1-2-4-12(11)14(18)17/h1-8,16-17H. The summed E-state index contributed by atoms with van der Waals surface area (Å²) in [4.78, 5) is 1.61. The SMILES string of the molecule is N=C1c2ccccc2C(=N)N1c1ccc(Cl)cc1. The van der Waals surface area contributed by atoms with Crippen molar-refractivity contribution >= 4 is 29.0 Å². The van der Waals surface area contributed by atoms with Gasteiger partial charge in [0.2, 0.25) is 0 Å². The third kappa shape index (κ3) is 1.52. The predicted molar refractivity (Wildman–Crippen MR) is 74.0 cm³/mol. The molecule has 3 nitrogen and oxygen atoms in total. The smallest absolute Gasteiger partial charge is 0.139 e. The van der Waals surface area contributed by atoms with E-state index >= 15 is 0 Å². The quantitative estimate of drug-likeness (QED) is 0.805. The third-order valence-corrected chi connectivity index (χ3v) is 3.22. The number of anilines is 1. The predicted octanol–water partition coefficient (Wildman–Crippen LogP) is 3.51. The first-order chi connectivity index (χ1) is 8.68. The molecule has 3 rings (SSSR count). The second-order valence-corrected chi connectivity index (χ2v) is 4.49. The molecular formula is C14H10ClN3. The van der Waals surface area contributed by atoms with Crippen molar-refractivity contribution in [2.45, 2.75) is 0 Å². The Hall–Kier alpha value is -2.13. The summed E-state index contributed by atoms with van der Waals surface area (Å²) >= 11 is 5.85. The molecular weight excluding hydrogens is 246 g/mol. The molecule has 0 atom stereocenters. The number of hydrogen-bond acceptors (Lipinski definition) is 2. The van der Waals surface area contributed by atoms with Crippen molar-refractivity contribution in [3.63, 3.8) is 0 Å². The van der Waals surface area contributed by atoms with Gasteiger partial charge in [-0.25, -0.2) is 0 Å². The molecule has 1 aliphatic rings. The topological polar surface area (TPSA) is 50.9 Å². The van der Waals surface area contributed by atoms with Crippen molar-refractivity contribution in [1.29, 1.82) is 10.8 Å². The number of halogens is 1. The molecule has 0 unspecified atom stereocenters. The summed E-state index contributed by atoms with van der Waals surface area (Å²) in [5.74, 6) is 0.663. The van der Waals surface area contributed by atoms with Crippen LogP contribution in [0.15, 0.2) is 48.5 Å². The largest absolute Gasteiger partial charge is 0.283 e. The molecule has 0 fully saturated rings. The number of amidine groups is 2. The number of fused-ring (bicyclic) bond motifs is 1. The average molecular weight is 256 g/mol. The molecule has 4 heteroatoms. The summed E-state index contributed by atoms with van der Waals surface area (Å²) in [5.41, 5.74) is 2.36. The molecule has 18 heavy (non-hydrogen) atoms. The summed E-state index contributed by atoms with van der Waals surface area (Å²) in [6.07, 6.45) is 0. The normalized spacial score (nSPS) is 13.9. The summed E-state index contributed by atoms with van der Waals surface area (Å²) < 4.78 is 0. The van der Waals surface area contributed by atoms with Crippen LogP contribution in [0.25, 0.3) is 0 Å². The lowest BCUT2D eigenvalue weighted by atomic mass is 10.1. The van der Waals surface area contributed by atoms with Gasteiger partial charge in [0.15, 0.2) is 0 Å². The highest BCUT2D eigenvalue weighted by molar-refractivity contribution is 6.36. The Kier molecular flexibility index (Phi) is 2.42. The van der Waals surface area contributed by atoms with Crippen LogP contribution in [0.5, 0.6) is 0 Å². The Labute approximate surface area is 110 Å². The lowest BCUT2D eigenvalue weighted by Crippen LogP contribution is -2.29. The van der Waals surface area contributed by atoms with Gasteiger partial charge in [-0.05, 0) is 24.3 Å². The summed E-state index contributed by atoms with van der Waals surface area (Å²) in [5, 5.41) is 17.0. The van der Waals surface area contributed by atoms with Crippen molar-refractivity contribution in [1.82, 2.24) is 0 Å². The van der Waals surface area contributed by atoms with E-state index in [2.05, 4.69) is 0 Å². The number of rotatable bonds is 1. The molecule has 0 aliphatic carbocycles. The fraction of sp³-hybridized carbons (Fsp3) is 0. The fourth-order valence-corrected chi connectivity index (χ4v) is 2.22. The minimum Gasteiger partial charge on any atom is -0.283 e. The highest BCUT2D eigenvalue weighted by atomic mass is 35.5.